The standard InChI is InChI=1S/C23H30N2O2/c1-19-12-13-21(27-2)16-22(19)24-23(26)18-25(14-8-3-4-9-15-25)17-20-10-6-5-7-11-20/h5-7,10-13,16H,3-4,8-9,14-15,17-18H2,1-2H3/p+1. The molecule has 1 heterocycles. The maximum atomic E-state index is 13.0. The molecule has 4 nitrogen and oxygen atoms in total. The number of hydrogen-bond acceptors (Lipinski definition) is 2. The summed E-state index contributed by atoms with van der Waals surface area (Å²) >= 11 is 0. The summed E-state index contributed by atoms with van der Waals surface area (Å²) < 4.78 is 6.15. The highest BCUT2D eigenvalue weighted by Crippen LogP contribution is 2.25. The number of ether oxygens (including phenoxy) is 1. The van der Waals surface area contributed by atoms with Crippen molar-refractivity contribution in [2.45, 2.75) is 39.2 Å². The van der Waals surface area contributed by atoms with Crippen LogP contribution in [0, 0.1) is 6.92 Å². The summed E-state index contributed by atoms with van der Waals surface area (Å²) in [5, 5.41) is 3.13. The molecule has 0 aromatic heterocycles. The van der Waals surface area contributed by atoms with Gasteiger partial charge in [0.15, 0.2) is 6.54 Å². The Balaban J connectivity index is 1.76. The average Bonchev–Trinajstić information content (AvgIpc) is 2.89. The van der Waals surface area contributed by atoms with Gasteiger partial charge in [0.05, 0.1) is 20.2 Å². The first kappa shape index (κ1) is 19.4. The van der Waals surface area contributed by atoms with Crippen LogP contribution in [0.4, 0.5) is 5.69 Å². The number of methoxy groups -OCH3 is 1. The molecule has 0 spiro atoms. The summed E-state index contributed by atoms with van der Waals surface area (Å²) in [5.74, 6) is 0.850. The number of carbonyl (C=O) groups is 1. The van der Waals surface area contributed by atoms with Gasteiger partial charge < -0.3 is 14.5 Å². The summed E-state index contributed by atoms with van der Waals surface area (Å²) in [6.07, 6.45) is 4.92. The molecule has 2 aromatic rings. The molecule has 0 saturated carbocycles. The second-order valence-corrected chi connectivity index (χ2v) is 7.73. The van der Waals surface area contributed by atoms with Gasteiger partial charge in [-0.3, -0.25) is 4.79 Å². The monoisotopic (exact) mass is 367 g/mol. The van der Waals surface area contributed by atoms with Gasteiger partial charge in [0.1, 0.15) is 12.3 Å². The lowest BCUT2D eigenvalue weighted by atomic mass is 10.1. The summed E-state index contributed by atoms with van der Waals surface area (Å²) in [4.78, 5) is 13.0. The number of carbonyl (C=O) groups excluding carboxylic acids is 1. The van der Waals surface area contributed by atoms with Gasteiger partial charge in [-0.15, -0.1) is 0 Å². The van der Waals surface area contributed by atoms with Crippen LogP contribution >= 0.6 is 0 Å². The van der Waals surface area contributed by atoms with Crippen molar-refractivity contribution in [1.29, 1.82) is 0 Å². The number of rotatable bonds is 6. The van der Waals surface area contributed by atoms with Crippen molar-refractivity contribution in [3.05, 3.63) is 59.7 Å². The van der Waals surface area contributed by atoms with E-state index in [0.29, 0.717) is 6.54 Å². The summed E-state index contributed by atoms with van der Waals surface area (Å²) in [6.45, 7) is 5.59. The molecule has 2 aromatic carbocycles. The van der Waals surface area contributed by atoms with Crippen LogP contribution in [0.2, 0.25) is 0 Å². The molecule has 1 aliphatic heterocycles. The van der Waals surface area contributed by atoms with E-state index >= 15 is 0 Å². The van der Waals surface area contributed by atoms with Crippen molar-refractivity contribution in [1.82, 2.24) is 0 Å². The quantitative estimate of drug-likeness (QED) is 0.762. The zero-order chi connectivity index (χ0) is 19.1. The minimum absolute atomic E-state index is 0.0872. The number of quaternary nitrogens is 1. The van der Waals surface area contributed by atoms with Gasteiger partial charge in [-0.2, -0.15) is 0 Å². The van der Waals surface area contributed by atoms with Crippen LogP contribution in [0.5, 0.6) is 5.75 Å². The van der Waals surface area contributed by atoms with Gasteiger partial charge in [-0.1, -0.05) is 36.4 Å². The number of likely N-dealkylation sites (tertiary alicyclic amines) is 1. The molecular weight excluding hydrogens is 336 g/mol. The number of aryl methyl sites for hydroxylation is 1. The highest BCUT2D eigenvalue weighted by atomic mass is 16.5. The molecule has 144 valence electrons. The maximum absolute atomic E-state index is 13.0. The minimum Gasteiger partial charge on any atom is -0.497 e. The summed E-state index contributed by atoms with van der Waals surface area (Å²) in [7, 11) is 1.65. The maximum Gasteiger partial charge on any atom is 0.279 e. The first-order valence-electron chi connectivity index (χ1n) is 9.94. The van der Waals surface area contributed by atoms with E-state index in [9.17, 15) is 4.79 Å². The van der Waals surface area contributed by atoms with E-state index in [2.05, 4.69) is 35.6 Å². The van der Waals surface area contributed by atoms with Gasteiger partial charge in [0.2, 0.25) is 0 Å². The number of nitrogens with zero attached hydrogens (tertiary/aromatic N) is 1. The lowest BCUT2D eigenvalue weighted by Crippen LogP contribution is -2.52. The predicted octanol–water partition coefficient (Wildman–Crippen LogP) is 4.53. The molecule has 4 heteroatoms. The fourth-order valence-electron chi connectivity index (χ4n) is 4.06. The van der Waals surface area contributed by atoms with Gasteiger partial charge in [-0.25, -0.2) is 0 Å². The van der Waals surface area contributed by atoms with Gasteiger partial charge in [-0.05, 0) is 44.2 Å². The minimum atomic E-state index is 0.0872. The topological polar surface area (TPSA) is 38.3 Å². The van der Waals surface area contributed by atoms with E-state index in [0.717, 1.165) is 41.1 Å². The molecule has 1 saturated heterocycles. The first-order valence-corrected chi connectivity index (χ1v) is 9.94. The predicted molar refractivity (Wildman–Crippen MR) is 110 cm³/mol. The van der Waals surface area contributed by atoms with Crippen LogP contribution < -0.4 is 10.1 Å². The molecular formula is C23H31N2O2+. The van der Waals surface area contributed by atoms with Crippen molar-refractivity contribution in [2.24, 2.45) is 0 Å². The van der Waals surface area contributed by atoms with Crippen molar-refractivity contribution >= 4 is 11.6 Å². The van der Waals surface area contributed by atoms with Gasteiger partial charge >= 0.3 is 0 Å². The summed E-state index contributed by atoms with van der Waals surface area (Å²) in [5.41, 5.74) is 3.20. The highest BCUT2D eigenvalue weighted by Gasteiger charge is 2.32. The summed E-state index contributed by atoms with van der Waals surface area (Å²) in [6, 6.07) is 16.4. The third kappa shape index (κ3) is 5.33. The SMILES string of the molecule is COc1ccc(C)c(NC(=O)C[N+]2(Cc3ccccc3)CCCCCC2)c1. The smallest absolute Gasteiger partial charge is 0.279 e. The molecule has 0 radical (unpaired) electrons. The van der Waals surface area contributed by atoms with Crippen LogP contribution in [-0.2, 0) is 11.3 Å². The molecule has 3 rings (SSSR count). The molecule has 0 bridgehead atoms. The second-order valence-electron chi connectivity index (χ2n) is 7.73. The Morgan fingerprint density at radius 2 is 1.74 bits per heavy atom. The van der Waals surface area contributed by atoms with E-state index in [4.69, 9.17) is 4.74 Å². The Morgan fingerprint density at radius 1 is 1.04 bits per heavy atom. The molecule has 1 aliphatic rings. The molecule has 1 amide bonds. The molecule has 0 atom stereocenters. The second kappa shape index (κ2) is 9.05. The van der Waals surface area contributed by atoms with Crippen molar-refractivity contribution < 1.29 is 14.0 Å². The number of nitrogens with one attached hydrogen (secondary N) is 1. The molecule has 0 unspecified atom stereocenters. The van der Waals surface area contributed by atoms with E-state index in [-0.39, 0.29) is 5.91 Å². The first-order chi connectivity index (χ1) is 13.1. The molecule has 1 fully saturated rings. The highest BCUT2D eigenvalue weighted by molar-refractivity contribution is 5.92. The lowest BCUT2D eigenvalue weighted by molar-refractivity contribution is -0.932. The van der Waals surface area contributed by atoms with E-state index < -0.39 is 0 Å². The number of benzene rings is 2. The van der Waals surface area contributed by atoms with E-state index in [1.54, 1.807) is 7.11 Å². The largest absolute Gasteiger partial charge is 0.497 e. The van der Waals surface area contributed by atoms with E-state index in [1.807, 2.05) is 25.1 Å². The number of amides is 1. The Morgan fingerprint density at radius 3 is 2.41 bits per heavy atom. The number of anilines is 1. The Bertz CT molecular complexity index is 750. The van der Waals surface area contributed by atoms with Crippen LogP contribution in [0.25, 0.3) is 0 Å². The number of hydrogen-bond donors (Lipinski definition) is 1. The van der Waals surface area contributed by atoms with E-state index in [1.165, 1.54) is 31.2 Å². The third-order valence-corrected chi connectivity index (χ3v) is 5.57. The molecule has 1 N–H and O–H groups in total. The fourth-order valence-corrected chi connectivity index (χ4v) is 4.06. The van der Waals surface area contributed by atoms with Crippen molar-refractivity contribution in [2.75, 3.05) is 32.1 Å². The van der Waals surface area contributed by atoms with Crippen LogP contribution in [0.15, 0.2) is 48.5 Å². The van der Waals surface area contributed by atoms with Gasteiger partial charge in [0, 0.05) is 17.3 Å². The van der Waals surface area contributed by atoms with Crippen LogP contribution in [0.3, 0.4) is 0 Å². The van der Waals surface area contributed by atoms with Crippen LogP contribution in [-0.4, -0.2) is 37.1 Å². The Hall–Kier alpha value is -2.33. The molecule has 0 aliphatic carbocycles. The fraction of sp³-hybridized carbons (Fsp3) is 0.435. The zero-order valence-corrected chi connectivity index (χ0v) is 16.5. The lowest BCUT2D eigenvalue weighted by Gasteiger charge is -2.37. The van der Waals surface area contributed by atoms with Crippen molar-refractivity contribution in [3.8, 4) is 5.75 Å². The normalized spacial score (nSPS) is 16.4. The Kier molecular flexibility index (Phi) is 6.51. The van der Waals surface area contributed by atoms with Crippen molar-refractivity contribution in [3.63, 3.8) is 0 Å². The average molecular weight is 368 g/mol. The zero-order valence-electron chi connectivity index (χ0n) is 16.5. The third-order valence-electron chi connectivity index (χ3n) is 5.57. The van der Waals surface area contributed by atoms with Gasteiger partial charge in [0.25, 0.3) is 5.91 Å². The molecule has 27 heavy (non-hydrogen) atoms. The van der Waals surface area contributed by atoms with Crippen LogP contribution in [0.1, 0.15) is 36.8 Å². The Labute approximate surface area is 162 Å².